The van der Waals surface area contributed by atoms with Gasteiger partial charge in [0.15, 0.2) is 0 Å². The minimum absolute atomic E-state index is 0.464. The van der Waals surface area contributed by atoms with E-state index in [1.807, 2.05) is 0 Å². The predicted molar refractivity (Wildman–Crippen MR) is 58.9 cm³/mol. The van der Waals surface area contributed by atoms with Crippen LogP contribution in [-0.4, -0.2) is 12.1 Å². The van der Waals surface area contributed by atoms with Gasteiger partial charge in [-0.25, -0.2) is 0 Å². The van der Waals surface area contributed by atoms with Gasteiger partial charge in [-0.15, -0.1) is 0 Å². The number of hydrogen-bond acceptors (Lipinski definition) is 1. The van der Waals surface area contributed by atoms with Crippen molar-refractivity contribution in [3.05, 3.63) is 0 Å². The van der Waals surface area contributed by atoms with Crippen molar-refractivity contribution in [2.45, 2.75) is 64.8 Å². The molecule has 0 aromatic heterocycles. The van der Waals surface area contributed by atoms with E-state index in [4.69, 9.17) is 0 Å². The van der Waals surface area contributed by atoms with Gasteiger partial charge in [-0.3, -0.25) is 0 Å². The van der Waals surface area contributed by atoms with Gasteiger partial charge in [0.1, 0.15) is 0 Å². The predicted octanol–water partition coefficient (Wildman–Crippen LogP) is 3.34. The van der Waals surface area contributed by atoms with Crippen molar-refractivity contribution in [3.63, 3.8) is 0 Å². The van der Waals surface area contributed by atoms with E-state index in [9.17, 15) is 0 Å². The van der Waals surface area contributed by atoms with Crippen molar-refractivity contribution in [1.82, 2.24) is 5.32 Å². The van der Waals surface area contributed by atoms with Crippen LogP contribution in [0.4, 0.5) is 0 Å². The highest BCUT2D eigenvalue weighted by molar-refractivity contribution is 4.93. The molecule has 78 valence electrons. The minimum Gasteiger partial charge on any atom is -0.311 e. The molecule has 1 unspecified atom stereocenters. The molecule has 0 radical (unpaired) electrons. The van der Waals surface area contributed by atoms with E-state index in [1.165, 1.54) is 45.1 Å². The summed E-state index contributed by atoms with van der Waals surface area (Å²) in [6, 6.07) is 0. The Hall–Kier alpha value is -0.0400. The number of hydrogen-bond donors (Lipinski definition) is 1. The molecular weight excluding hydrogens is 158 g/mol. The van der Waals surface area contributed by atoms with Crippen LogP contribution < -0.4 is 5.32 Å². The first kappa shape index (κ1) is 11.0. The molecule has 1 N–H and O–H groups in total. The Morgan fingerprint density at radius 3 is 2.38 bits per heavy atom. The molecule has 0 aromatic carbocycles. The molecule has 1 heterocycles. The second-order valence-electron chi connectivity index (χ2n) is 4.39. The monoisotopic (exact) mass is 183 g/mol. The summed E-state index contributed by atoms with van der Waals surface area (Å²) in [5.41, 5.74) is 0.464. The van der Waals surface area contributed by atoms with Gasteiger partial charge < -0.3 is 5.32 Å². The van der Waals surface area contributed by atoms with Gasteiger partial charge in [0.25, 0.3) is 0 Å². The third kappa shape index (κ3) is 2.25. The SMILES string of the molecule is CCC1CCCCNC1(CC)CC. The Morgan fingerprint density at radius 2 is 1.85 bits per heavy atom. The molecule has 0 amide bonds. The Balaban J connectivity index is 2.72. The molecule has 1 saturated heterocycles. The second kappa shape index (κ2) is 4.99. The van der Waals surface area contributed by atoms with Crippen molar-refractivity contribution in [2.24, 2.45) is 5.92 Å². The van der Waals surface area contributed by atoms with Crippen molar-refractivity contribution in [1.29, 1.82) is 0 Å². The largest absolute Gasteiger partial charge is 0.311 e. The summed E-state index contributed by atoms with van der Waals surface area (Å²) in [7, 11) is 0. The van der Waals surface area contributed by atoms with Crippen LogP contribution in [0, 0.1) is 5.92 Å². The molecule has 0 spiro atoms. The third-order valence-electron chi connectivity index (χ3n) is 3.99. The van der Waals surface area contributed by atoms with E-state index in [0.29, 0.717) is 5.54 Å². The lowest BCUT2D eigenvalue weighted by molar-refractivity contribution is 0.191. The van der Waals surface area contributed by atoms with Crippen LogP contribution in [0.2, 0.25) is 0 Å². The lowest BCUT2D eigenvalue weighted by atomic mass is 9.76. The fourth-order valence-electron chi connectivity index (χ4n) is 2.95. The highest BCUT2D eigenvalue weighted by atomic mass is 15.0. The van der Waals surface area contributed by atoms with Gasteiger partial charge in [-0.05, 0) is 38.1 Å². The van der Waals surface area contributed by atoms with Crippen LogP contribution in [0.1, 0.15) is 59.3 Å². The molecule has 1 heteroatoms. The van der Waals surface area contributed by atoms with Gasteiger partial charge in [0, 0.05) is 5.54 Å². The normalized spacial score (nSPS) is 28.4. The van der Waals surface area contributed by atoms with Crippen molar-refractivity contribution >= 4 is 0 Å². The average molecular weight is 183 g/mol. The Morgan fingerprint density at radius 1 is 1.15 bits per heavy atom. The molecule has 1 atom stereocenters. The van der Waals surface area contributed by atoms with Crippen molar-refractivity contribution < 1.29 is 0 Å². The molecule has 13 heavy (non-hydrogen) atoms. The summed E-state index contributed by atoms with van der Waals surface area (Å²) in [4.78, 5) is 0. The highest BCUT2D eigenvalue weighted by Gasteiger charge is 2.34. The van der Waals surface area contributed by atoms with Gasteiger partial charge in [0.05, 0.1) is 0 Å². The average Bonchev–Trinajstić information content (AvgIpc) is 2.39. The zero-order valence-corrected chi connectivity index (χ0v) is 9.53. The summed E-state index contributed by atoms with van der Waals surface area (Å²) in [6.07, 6.45) is 8.16. The molecule has 0 aromatic rings. The number of nitrogens with one attached hydrogen (secondary N) is 1. The van der Waals surface area contributed by atoms with Crippen LogP contribution in [0.15, 0.2) is 0 Å². The topological polar surface area (TPSA) is 12.0 Å². The fraction of sp³-hybridized carbons (Fsp3) is 1.00. The van der Waals surface area contributed by atoms with Crippen LogP contribution in [0.3, 0.4) is 0 Å². The van der Waals surface area contributed by atoms with Crippen LogP contribution >= 0.6 is 0 Å². The fourth-order valence-corrected chi connectivity index (χ4v) is 2.95. The van der Waals surface area contributed by atoms with Gasteiger partial charge >= 0.3 is 0 Å². The second-order valence-corrected chi connectivity index (χ2v) is 4.39. The molecular formula is C12H25N. The molecule has 1 nitrogen and oxygen atoms in total. The van der Waals surface area contributed by atoms with Crippen LogP contribution in [0.25, 0.3) is 0 Å². The van der Waals surface area contributed by atoms with Crippen LogP contribution in [0.5, 0.6) is 0 Å². The smallest absolute Gasteiger partial charge is 0.0204 e. The summed E-state index contributed by atoms with van der Waals surface area (Å²) >= 11 is 0. The van der Waals surface area contributed by atoms with E-state index in [-0.39, 0.29) is 0 Å². The van der Waals surface area contributed by atoms with E-state index < -0.39 is 0 Å². The zero-order chi connectivity index (χ0) is 9.73. The first-order valence-electron chi connectivity index (χ1n) is 6.04. The van der Waals surface area contributed by atoms with E-state index >= 15 is 0 Å². The lowest BCUT2D eigenvalue weighted by Crippen LogP contribution is -2.49. The Labute approximate surface area is 83.3 Å². The van der Waals surface area contributed by atoms with E-state index in [0.717, 1.165) is 5.92 Å². The Kier molecular flexibility index (Phi) is 4.24. The molecule has 1 rings (SSSR count). The standard InChI is InChI=1S/C12H25N/c1-4-11-9-7-8-10-13-12(11,5-2)6-3/h11,13H,4-10H2,1-3H3. The highest BCUT2D eigenvalue weighted by Crippen LogP contribution is 2.33. The van der Waals surface area contributed by atoms with Crippen molar-refractivity contribution in [2.75, 3.05) is 6.54 Å². The summed E-state index contributed by atoms with van der Waals surface area (Å²) in [5, 5.41) is 3.80. The van der Waals surface area contributed by atoms with E-state index in [2.05, 4.69) is 26.1 Å². The molecule has 1 aliphatic heterocycles. The molecule has 0 aliphatic carbocycles. The molecule has 0 bridgehead atoms. The first-order valence-corrected chi connectivity index (χ1v) is 6.04. The number of rotatable bonds is 3. The van der Waals surface area contributed by atoms with Crippen molar-refractivity contribution in [3.8, 4) is 0 Å². The minimum atomic E-state index is 0.464. The third-order valence-corrected chi connectivity index (χ3v) is 3.99. The molecule has 1 fully saturated rings. The quantitative estimate of drug-likeness (QED) is 0.707. The lowest BCUT2D eigenvalue weighted by Gasteiger charge is -2.39. The maximum absolute atomic E-state index is 3.80. The summed E-state index contributed by atoms with van der Waals surface area (Å²) < 4.78 is 0. The van der Waals surface area contributed by atoms with Crippen LogP contribution in [-0.2, 0) is 0 Å². The Bertz CT molecular complexity index is 138. The van der Waals surface area contributed by atoms with E-state index in [1.54, 1.807) is 0 Å². The summed E-state index contributed by atoms with van der Waals surface area (Å²) in [5.74, 6) is 0.907. The first-order chi connectivity index (χ1) is 6.29. The van der Waals surface area contributed by atoms with Gasteiger partial charge in [-0.1, -0.05) is 33.6 Å². The maximum Gasteiger partial charge on any atom is 0.0204 e. The van der Waals surface area contributed by atoms with Gasteiger partial charge in [0.2, 0.25) is 0 Å². The zero-order valence-electron chi connectivity index (χ0n) is 9.53. The molecule has 1 aliphatic rings. The molecule has 0 saturated carbocycles. The summed E-state index contributed by atoms with van der Waals surface area (Å²) in [6.45, 7) is 8.25. The van der Waals surface area contributed by atoms with Gasteiger partial charge in [-0.2, -0.15) is 0 Å². The maximum atomic E-state index is 3.80.